The van der Waals surface area contributed by atoms with Crippen LogP contribution < -0.4 is 5.32 Å². The van der Waals surface area contributed by atoms with E-state index in [0.717, 1.165) is 32.6 Å². The van der Waals surface area contributed by atoms with Crippen molar-refractivity contribution in [3.63, 3.8) is 0 Å². The summed E-state index contributed by atoms with van der Waals surface area (Å²) in [5, 5.41) is 3.26. The Bertz CT molecular complexity index is 207. The molecule has 0 radical (unpaired) electrons. The lowest BCUT2D eigenvalue weighted by Crippen LogP contribution is -2.48. The fraction of sp³-hybridized carbons (Fsp3) is 0.909. The summed E-state index contributed by atoms with van der Waals surface area (Å²) < 4.78 is 5.41. The van der Waals surface area contributed by atoms with Crippen LogP contribution >= 0.6 is 0 Å². The van der Waals surface area contributed by atoms with E-state index in [9.17, 15) is 4.79 Å². The normalized spacial score (nSPS) is 26.3. The summed E-state index contributed by atoms with van der Waals surface area (Å²) in [6.45, 7) is 4.47. The Labute approximate surface area is 92.0 Å². The summed E-state index contributed by atoms with van der Waals surface area (Å²) >= 11 is 0. The zero-order valence-corrected chi connectivity index (χ0v) is 9.95. The van der Waals surface area contributed by atoms with E-state index in [0.29, 0.717) is 5.92 Å². The summed E-state index contributed by atoms with van der Waals surface area (Å²) in [4.78, 5) is 13.4. The lowest BCUT2D eigenvalue weighted by atomic mass is 9.92. The number of amides is 1. The van der Waals surface area contributed by atoms with Crippen molar-refractivity contribution in [3.05, 3.63) is 0 Å². The Balaban J connectivity index is 2.38. The summed E-state index contributed by atoms with van der Waals surface area (Å²) in [7, 11) is 3.60. The molecule has 1 heterocycles. The number of hydrogen-bond donors (Lipinski definition) is 1. The Morgan fingerprint density at radius 3 is 2.87 bits per heavy atom. The molecule has 88 valence electrons. The van der Waals surface area contributed by atoms with E-state index in [1.165, 1.54) is 0 Å². The SMILES string of the molecule is CCOCC1CCNC(C(=O)N(C)C)C1. The third-order valence-corrected chi connectivity index (χ3v) is 2.81. The fourth-order valence-electron chi connectivity index (χ4n) is 1.93. The van der Waals surface area contributed by atoms with Crippen LogP contribution in [-0.2, 0) is 9.53 Å². The van der Waals surface area contributed by atoms with Crippen molar-refractivity contribution in [3.8, 4) is 0 Å². The number of hydrogen-bond acceptors (Lipinski definition) is 3. The first-order chi connectivity index (χ1) is 7.15. The lowest BCUT2D eigenvalue weighted by molar-refractivity contribution is -0.132. The van der Waals surface area contributed by atoms with Gasteiger partial charge in [0.2, 0.25) is 5.91 Å². The molecule has 2 atom stereocenters. The maximum atomic E-state index is 11.7. The molecule has 1 saturated heterocycles. The van der Waals surface area contributed by atoms with Gasteiger partial charge in [-0.15, -0.1) is 0 Å². The van der Waals surface area contributed by atoms with Crippen LogP contribution in [0.2, 0.25) is 0 Å². The Kier molecular flexibility index (Phi) is 5.05. The van der Waals surface area contributed by atoms with Gasteiger partial charge in [0.15, 0.2) is 0 Å². The van der Waals surface area contributed by atoms with Gasteiger partial charge in [-0.25, -0.2) is 0 Å². The molecule has 0 aromatic rings. The highest BCUT2D eigenvalue weighted by Crippen LogP contribution is 2.17. The van der Waals surface area contributed by atoms with Gasteiger partial charge in [-0.05, 0) is 32.2 Å². The second-order valence-corrected chi connectivity index (χ2v) is 4.29. The molecular weight excluding hydrogens is 192 g/mol. The molecule has 1 amide bonds. The van der Waals surface area contributed by atoms with Gasteiger partial charge in [-0.1, -0.05) is 0 Å². The summed E-state index contributed by atoms with van der Waals surface area (Å²) in [5.74, 6) is 0.705. The maximum absolute atomic E-state index is 11.7. The molecule has 4 nitrogen and oxygen atoms in total. The van der Waals surface area contributed by atoms with Gasteiger partial charge in [-0.2, -0.15) is 0 Å². The van der Waals surface area contributed by atoms with Crippen molar-refractivity contribution in [2.24, 2.45) is 5.92 Å². The van der Waals surface area contributed by atoms with Crippen LogP contribution in [0.3, 0.4) is 0 Å². The highest BCUT2D eigenvalue weighted by molar-refractivity contribution is 5.81. The minimum atomic E-state index is -0.0146. The van der Waals surface area contributed by atoms with Crippen molar-refractivity contribution in [2.45, 2.75) is 25.8 Å². The quantitative estimate of drug-likeness (QED) is 0.740. The molecule has 1 rings (SSSR count). The maximum Gasteiger partial charge on any atom is 0.239 e. The van der Waals surface area contributed by atoms with Gasteiger partial charge < -0.3 is 15.0 Å². The van der Waals surface area contributed by atoms with Crippen LogP contribution in [0.15, 0.2) is 0 Å². The van der Waals surface area contributed by atoms with Crippen molar-refractivity contribution in [2.75, 3.05) is 33.9 Å². The van der Waals surface area contributed by atoms with Gasteiger partial charge in [0.05, 0.1) is 6.04 Å². The molecule has 1 N–H and O–H groups in total. The molecular formula is C11H22N2O2. The predicted molar refractivity (Wildman–Crippen MR) is 59.7 cm³/mol. The zero-order valence-electron chi connectivity index (χ0n) is 9.95. The molecule has 1 fully saturated rings. The van der Waals surface area contributed by atoms with Gasteiger partial charge in [0.25, 0.3) is 0 Å². The predicted octanol–water partition coefficient (Wildman–Crippen LogP) is 0.479. The molecule has 0 saturated carbocycles. The van der Waals surface area contributed by atoms with Gasteiger partial charge in [0, 0.05) is 27.3 Å². The fourth-order valence-corrected chi connectivity index (χ4v) is 1.93. The monoisotopic (exact) mass is 214 g/mol. The number of likely N-dealkylation sites (N-methyl/N-ethyl adjacent to an activating group) is 1. The average molecular weight is 214 g/mol. The number of rotatable bonds is 4. The van der Waals surface area contributed by atoms with Crippen LogP contribution in [0.4, 0.5) is 0 Å². The van der Waals surface area contributed by atoms with Crippen LogP contribution in [0, 0.1) is 5.92 Å². The molecule has 4 heteroatoms. The minimum absolute atomic E-state index is 0.0146. The summed E-state index contributed by atoms with van der Waals surface area (Å²) in [5.41, 5.74) is 0. The Hall–Kier alpha value is -0.610. The smallest absolute Gasteiger partial charge is 0.239 e. The van der Waals surface area contributed by atoms with Crippen molar-refractivity contribution < 1.29 is 9.53 Å². The van der Waals surface area contributed by atoms with E-state index in [1.54, 1.807) is 19.0 Å². The summed E-state index contributed by atoms with van der Waals surface area (Å²) in [6.07, 6.45) is 2.01. The third-order valence-electron chi connectivity index (χ3n) is 2.81. The van der Waals surface area contributed by atoms with Gasteiger partial charge >= 0.3 is 0 Å². The second-order valence-electron chi connectivity index (χ2n) is 4.29. The molecule has 0 bridgehead atoms. The molecule has 0 spiro atoms. The van der Waals surface area contributed by atoms with Crippen LogP contribution in [0.5, 0.6) is 0 Å². The van der Waals surface area contributed by atoms with Crippen LogP contribution in [0.1, 0.15) is 19.8 Å². The number of nitrogens with one attached hydrogen (secondary N) is 1. The first-order valence-corrected chi connectivity index (χ1v) is 5.67. The van der Waals surface area contributed by atoms with E-state index in [1.807, 2.05) is 6.92 Å². The Morgan fingerprint density at radius 1 is 1.53 bits per heavy atom. The number of carbonyl (C=O) groups excluding carboxylic acids is 1. The topological polar surface area (TPSA) is 41.6 Å². The molecule has 0 aromatic heterocycles. The standard InChI is InChI=1S/C11H22N2O2/c1-4-15-8-9-5-6-12-10(7-9)11(14)13(2)3/h9-10,12H,4-8H2,1-3H3. The van der Waals surface area contributed by atoms with Crippen LogP contribution in [-0.4, -0.2) is 50.7 Å². The molecule has 1 aliphatic heterocycles. The van der Waals surface area contributed by atoms with E-state index >= 15 is 0 Å². The first kappa shape index (κ1) is 12.5. The third kappa shape index (κ3) is 3.80. The molecule has 15 heavy (non-hydrogen) atoms. The minimum Gasteiger partial charge on any atom is -0.381 e. The van der Waals surface area contributed by atoms with E-state index in [-0.39, 0.29) is 11.9 Å². The number of carbonyl (C=O) groups is 1. The van der Waals surface area contributed by atoms with Crippen LogP contribution in [0.25, 0.3) is 0 Å². The number of ether oxygens (including phenoxy) is 1. The largest absolute Gasteiger partial charge is 0.381 e. The average Bonchev–Trinajstić information content (AvgIpc) is 2.25. The van der Waals surface area contributed by atoms with Crippen molar-refractivity contribution >= 4 is 5.91 Å². The lowest BCUT2D eigenvalue weighted by Gasteiger charge is -2.30. The van der Waals surface area contributed by atoms with E-state index in [4.69, 9.17) is 4.74 Å². The molecule has 0 aliphatic carbocycles. The zero-order chi connectivity index (χ0) is 11.3. The van der Waals surface area contributed by atoms with E-state index < -0.39 is 0 Å². The number of nitrogens with zero attached hydrogens (tertiary/aromatic N) is 1. The summed E-state index contributed by atoms with van der Waals surface area (Å²) in [6, 6.07) is -0.0146. The molecule has 1 aliphatic rings. The second kappa shape index (κ2) is 6.08. The van der Waals surface area contributed by atoms with Gasteiger partial charge in [0.1, 0.15) is 0 Å². The Morgan fingerprint density at radius 2 is 2.27 bits per heavy atom. The molecule has 0 aromatic carbocycles. The van der Waals surface area contributed by atoms with E-state index in [2.05, 4.69) is 5.32 Å². The number of piperidine rings is 1. The highest BCUT2D eigenvalue weighted by Gasteiger charge is 2.27. The molecule has 2 unspecified atom stereocenters. The van der Waals surface area contributed by atoms with Crippen molar-refractivity contribution in [1.82, 2.24) is 10.2 Å². The van der Waals surface area contributed by atoms with Gasteiger partial charge in [-0.3, -0.25) is 4.79 Å². The first-order valence-electron chi connectivity index (χ1n) is 5.67. The highest BCUT2D eigenvalue weighted by atomic mass is 16.5. The van der Waals surface area contributed by atoms with Crippen molar-refractivity contribution in [1.29, 1.82) is 0 Å².